The molecule has 2 N–H and O–H groups in total. The Hall–Kier alpha value is -3.52. The number of rotatable bonds is 4. The minimum Gasteiger partial charge on any atom is -0.494 e. The zero-order chi connectivity index (χ0) is 22.3. The first-order valence-electron chi connectivity index (χ1n) is 8.30. The summed E-state index contributed by atoms with van der Waals surface area (Å²) in [6, 6.07) is 1.80. The van der Waals surface area contributed by atoms with Crippen LogP contribution in [0.5, 0.6) is 11.5 Å². The number of nitriles is 1. The van der Waals surface area contributed by atoms with E-state index >= 15 is 0 Å². The van der Waals surface area contributed by atoms with Crippen LogP contribution in [0.15, 0.2) is 24.8 Å². The Labute approximate surface area is 169 Å². The Balaban J connectivity index is 0.000000554. The first-order chi connectivity index (χ1) is 13.8. The number of carbonyl (C=O) groups is 1. The third-order valence-electron chi connectivity index (χ3n) is 2.67. The molecule has 0 aliphatic carbocycles. The molecule has 2 aromatic rings. The van der Waals surface area contributed by atoms with Crippen molar-refractivity contribution in [1.29, 1.82) is 5.26 Å². The summed E-state index contributed by atoms with van der Waals surface area (Å²) < 4.78 is 14.8. The highest BCUT2D eigenvalue weighted by Crippen LogP contribution is 2.07. The van der Waals surface area contributed by atoms with Gasteiger partial charge in [0.05, 0.1) is 45.6 Å². The number of hydrogen-bond donors (Lipinski definition) is 2. The summed E-state index contributed by atoms with van der Waals surface area (Å²) in [5, 5.41) is 17.9. The van der Waals surface area contributed by atoms with Gasteiger partial charge in [0, 0.05) is 7.11 Å². The van der Waals surface area contributed by atoms with Gasteiger partial charge in [0.25, 0.3) is 0 Å². The van der Waals surface area contributed by atoms with E-state index in [9.17, 15) is 4.79 Å². The molecule has 0 saturated carbocycles. The Bertz CT molecular complexity index is 754. The van der Waals surface area contributed by atoms with Gasteiger partial charge < -0.3 is 24.6 Å². The maximum Gasteiger partial charge on any atom is 0.408 e. The fourth-order valence-corrected chi connectivity index (χ4v) is 1.48. The maximum atomic E-state index is 11.3. The van der Waals surface area contributed by atoms with Gasteiger partial charge in [-0.05, 0) is 20.8 Å². The molecule has 29 heavy (non-hydrogen) atoms. The SMILES string of the molecule is CO.COc1cnc(C#N)nc1.COc1cnc(CNC(=O)OC(C)(C)C)nc1. The van der Waals surface area contributed by atoms with Crippen molar-refractivity contribution in [3.05, 3.63) is 36.4 Å². The summed E-state index contributed by atoms with van der Waals surface area (Å²) in [6.07, 6.45) is 5.49. The van der Waals surface area contributed by atoms with Gasteiger partial charge >= 0.3 is 6.09 Å². The van der Waals surface area contributed by atoms with Crippen LogP contribution in [0.3, 0.4) is 0 Å². The van der Waals surface area contributed by atoms with E-state index in [2.05, 4.69) is 25.3 Å². The van der Waals surface area contributed by atoms with Gasteiger partial charge in [-0.25, -0.2) is 24.7 Å². The van der Waals surface area contributed by atoms with Crippen LogP contribution in [0.1, 0.15) is 32.4 Å². The van der Waals surface area contributed by atoms with E-state index < -0.39 is 11.7 Å². The molecule has 0 saturated heterocycles. The van der Waals surface area contributed by atoms with E-state index in [1.165, 1.54) is 26.6 Å². The minimum atomic E-state index is -0.509. The third-order valence-corrected chi connectivity index (χ3v) is 2.67. The van der Waals surface area contributed by atoms with Crippen LogP contribution in [-0.4, -0.2) is 58.1 Å². The monoisotopic (exact) mass is 406 g/mol. The molecule has 158 valence electrons. The Morgan fingerprint density at radius 2 is 1.48 bits per heavy atom. The van der Waals surface area contributed by atoms with Gasteiger partial charge in [-0.3, -0.25) is 0 Å². The summed E-state index contributed by atoms with van der Waals surface area (Å²) in [5.41, 5.74) is -0.509. The van der Waals surface area contributed by atoms with Gasteiger partial charge in [-0.15, -0.1) is 0 Å². The first-order valence-corrected chi connectivity index (χ1v) is 8.30. The summed E-state index contributed by atoms with van der Waals surface area (Å²) in [5.74, 6) is 1.78. The molecule has 0 atom stereocenters. The number of nitrogens with one attached hydrogen (secondary N) is 1. The lowest BCUT2D eigenvalue weighted by atomic mass is 10.2. The van der Waals surface area contributed by atoms with Gasteiger partial charge in [-0.2, -0.15) is 5.26 Å². The zero-order valence-electron chi connectivity index (χ0n) is 17.3. The largest absolute Gasteiger partial charge is 0.494 e. The van der Waals surface area contributed by atoms with E-state index in [1.807, 2.05) is 0 Å². The summed E-state index contributed by atoms with van der Waals surface area (Å²) in [4.78, 5) is 26.7. The average Bonchev–Trinajstić information content (AvgIpc) is 2.73. The highest BCUT2D eigenvalue weighted by atomic mass is 16.6. The molecule has 0 spiro atoms. The van der Waals surface area contributed by atoms with Crippen LogP contribution in [0.25, 0.3) is 0 Å². The first kappa shape index (κ1) is 25.5. The van der Waals surface area contributed by atoms with Gasteiger partial charge in [0.2, 0.25) is 5.82 Å². The number of nitrogens with zero attached hydrogens (tertiary/aromatic N) is 5. The van der Waals surface area contributed by atoms with Crippen LogP contribution in [0, 0.1) is 11.3 Å². The van der Waals surface area contributed by atoms with Crippen LogP contribution >= 0.6 is 0 Å². The molecule has 0 unspecified atom stereocenters. The lowest BCUT2D eigenvalue weighted by Crippen LogP contribution is -2.32. The fraction of sp³-hybridized carbons (Fsp3) is 0.444. The van der Waals surface area contributed by atoms with Gasteiger partial charge in [0.15, 0.2) is 11.5 Å². The highest BCUT2D eigenvalue weighted by molar-refractivity contribution is 5.67. The molecule has 0 aliphatic heterocycles. The molecule has 0 radical (unpaired) electrons. The predicted octanol–water partition coefficient (Wildman–Crippen LogP) is 1.48. The van der Waals surface area contributed by atoms with Crippen molar-refractivity contribution in [1.82, 2.24) is 25.3 Å². The number of hydrogen-bond acceptors (Lipinski definition) is 10. The summed E-state index contributed by atoms with van der Waals surface area (Å²) in [7, 11) is 4.06. The molecule has 0 fully saturated rings. The van der Waals surface area contributed by atoms with E-state index in [0.29, 0.717) is 17.3 Å². The summed E-state index contributed by atoms with van der Waals surface area (Å²) in [6.45, 7) is 5.63. The smallest absolute Gasteiger partial charge is 0.408 e. The number of alkyl carbamates (subject to hydrolysis) is 1. The molecular formula is C18H26N6O5. The van der Waals surface area contributed by atoms with Crippen LogP contribution < -0.4 is 14.8 Å². The highest BCUT2D eigenvalue weighted by Gasteiger charge is 2.15. The van der Waals surface area contributed by atoms with Crippen molar-refractivity contribution in [3.8, 4) is 17.6 Å². The number of ether oxygens (including phenoxy) is 3. The second kappa shape index (κ2) is 13.6. The van der Waals surface area contributed by atoms with E-state index in [0.717, 1.165) is 7.11 Å². The molecule has 0 bridgehead atoms. The molecule has 11 heteroatoms. The lowest BCUT2D eigenvalue weighted by Gasteiger charge is -2.19. The molecular weight excluding hydrogens is 380 g/mol. The van der Waals surface area contributed by atoms with Crippen molar-refractivity contribution in [2.75, 3.05) is 21.3 Å². The van der Waals surface area contributed by atoms with Crippen molar-refractivity contribution in [2.45, 2.75) is 32.9 Å². The van der Waals surface area contributed by atoms with Crippen molar-refractivity contribution in [3.63, 3.8) is 0 Å². The van der Waals surface area contributed by atoms with E-state index in [1.54, 1.807) is 39.2 Å². The molecule has 2 aromatic heterocycles. The van der Waals surface area contributed by atoms with Crippen molar-refractivity contribution < 1.29 is 24.1 Å². The standard InChI is InChI=1S/C11H17N3O3.C6H5N3O.CH4O/c1-11(2,3)17-10(15)14-7-9-12-5-8(16-4)6-13-9;1-10-5-3-8-6(2-7)9-4-5;1-2/h5-6H,7H2,1-4H3,(H,14,15);3-4H,1H3;2H,1H3. The van der Waals surface area contributed by atoms with Crippen LogP contribution in [0.4, 0.5) is 4.79 Å². The topological polar surface area (TPSA) is 152 Å². The molecule has 0 aromatic carbocycles. The Morgan fingerprint density at radius 3 is 1.86 bits per heavy atom. The number of amides is 1. The molecule has 1 amide bonds. The van der Waals surface area contributed by atoms with Crippen molar-refractivity contribution in [2.24, 2.45) is 0 Å². The second-order valence-corrected chi connectivity index (χ2v) is 5.95. The predicted molar refractivity (Wildman–Crippen MR) is 103 cm³/mol. The second-order valence-electron chi connectivity index (χ2n) is 5.95. The quantitative estimate of drug-likeness (QED) is 0.763. The number of aromatic nitrogens is 4. The van der Waals surface area contributed by atoms with Gasteiger partial charge in [-0.1, -0.05) is 0 Å². The van der Waals surface area contributed by atoms with Gasteiger partial charge in [0.1, 0.15) is 17.5 Å². The number of carbonyl (C=O) groups excluding carboxylic acids is 1. The lowest BCUT2D eigenvalue weighted by molar-refractivity contribution is 0.0522. The van der Waals surface area contributed by atoms with Crippen LogP contribution in [0.2, 0.25) is 0 Å². The normalized spacial score (nSPS) is 9.45. The van der Waals surface area contributed by atoms with E-state index in [-0.39, 0.29) is 12.4 Å². The van der Waals surface area contributed by atoms with Crippen molar-refractivity contribution >= 4 is 6.09 Å². The molecule has 11 nitrogen and oxygen atoms in total. The Morgan fingerprint density at radius 1 is 1.03 bits per heavy atom. The molecule has 2 rings (SSSR count). The average molecular weight is 406 g/mol. The molecule has 2 heterocycles. The zero-order valence-corrected chi connectivity index (χ0v) is 17.3. The number of aliphatic hydroxyl groups is 1. The Kier molecular flexibility index (Phi) is 12.0. The number of aliphatic hydroxyl groups excluding tert-OH is 1. The third kappa shape index (κ3) is 11.7. The van der Waals surface area contributed by atoms with Crippen LogP contribution in [-0.2, 0) is 11.3 Å². The minimum absolute atomic E-state index is 0.154. The van der Waals surface area contributed by atoms with E-state index in [4.69, 9.17) is 24.6 Å². The molecule has 0 aliphatic rings. The fourth-order valence-electron chi connectivity index (χ4n) is 1.48. The maximum absolute atomic E-state index is 11.3. The number of methoxy groups -OCH3 is 2. The summed E-state index contributed by atoms with van der Waals surface area (Å²) >= 11 is 0.